The Morgan fingerprint density at radius 3 is 2.36 bits per heavy atom. The molecule has 0 heterocycles. The van der Waals surface area contributed by atoms with Crippen molar-refractivity contribution in [2.45, 2.75) is 39.0 Å². The van der Waals surface area contributed by atoms with Crippen LogP contribution in [0, 0.1) is 0 Å². The summed E-state index contributed by atoms with van der Waals surface area (Å²) in [5.74, 6) is 1.83. The topological polar surface area (TPSA) is 9.23 Å². The molecular weight excluding hydrogens is 315 g/mol. The second kappa shape index (κ2) is 7.89. The van der Waals surface area contributed by atoms with Gasteiger partial charge in [-0.2, -0.15) is 0 Å². The molecule has 0 spiro atoms. The van der Waals surface area contributed by atoms with Crippen molar-refractivity contribution in [3.8, 4) is 5.75 Å². The highest BCUT2D eigenvalue weighted by Gasteiger charge is 2.08. The average molecular weight is 337 g/mol. The quantitative estimate of drug-likeness (QED) is 0.570. The zero-order valence-corrected chi connectivity index (χ0v) is 14.8. The predicted molar refractivity (Wildman–Crippen MR) is 95.5 cm³/mol. The largest absolute Gasteiger partial charge is 0.494 e. The van der Waals surface area contributed by atoms with Gasteiger partial charge in [0.2, 0.25) is 0 Å². The van der Waals surface area contributed by atoms with Crippen molar-refractivity contribution in [2.24, 2.45) is 0 Å². The molecule has 0 fully saturated rings. The Hall–Kier alpha value is -1.18. The first-order chi connectivity index (χ1) is 10.5. The molecule has 22 heavy (non-hydrogen) atoms. The minimum atomic E-state index is 0.378. The monoisotopic (exact) mass is 336 g/mol. The van der Waals surface area contributed by atoms with Gasteiger partial charge >= 0.3 is 0 Å². The minimum Gasteiger partial charge on any atom is -0.494 e. The minimum absolute atomic E-state index is 0.378. The van der Waals surface area contributed by atoms with E-state index in [0.717, 1.165) is 12.2 Å². The Morgan fingerprint density at radius 2 is 1.68 bits per heavy atom. The molecule has 2 aromatic rings. The van der Waals surface area contributed by atoms with Crippen LogP contribution < -0.4 is 4.74 Å². The zero-order valence-electron chi connectivity index (χ0n) is 13.3. The van der Waals surface area contributed by atoms with Crippen LogP contribution in [0.1, 0.15) is 50.2 Å². The van der Waals surface area contributed by atoms with Crippen LogP contribution in [0.25, 0.3) is 0 Å². The maximum Gasteiger partial charge on any atom is 0.119 e. The van der Waals surface area contributed by atoms with Gasteiger partial charge in [-0.3, -0.25) is 0 Å². The third kappa shape index (κ3) is 4.66. The SMILES string of the molecule is CC(C)c1cccc(OCCC(C)c2ccc(Cl)c(Cl)c2)c1. The smallest absolute Gasteiger partial charge is 0.119 e. The molecule has 0 bridgehead atoms. The maximum atomic E-state index is 6.07. The number of ether oxygens (including phenoxy) is 1. The van der Waals surface area contributed by atoms with Crippen LogP contribution in [0.15, 0.2) is 42.5 Å². The van der Waals surface area contributed by atoms with E-state index in [1.54, 1.807) is 0 Å². The van der Waals surface area contributed by atoms with Crippen molar-refractivity contribution in [3.63, 3.8) is 0 Å². The lowest BCUT2D eigenvalue weighted by atomic mass is 9.98. The Morgan fingerprint density at radius 1 is 0.909 bits per heavy atom. The van der Waals surface area contributed by atoms with Gasteiger partial charge in [0.05, 0.1) is 16.7 Å². The fourth-order valence-corrected chi connectivity index (χ4v) is 2.61. The van der Waals surface area contributed by atoms with Gasteiger partial charge in [0.1, 0.15) is 5.75 Å². The van der Waals surface area contributed by atoms with Gasteiger partial charge in [0.25, 0.3) is 0 Å². The fourth-order valence-electron chi connectivity index (χ4n) is 2.30. The van der Waals surface area contributed by atoms with Crippen LogP contribution in [0.5, 0.6) is 5.75 Å². The maximum absolute atomic E-state index is 6.07. The van der Waals surface area contributed by atoms with E-state index < -0.39 is 0 Å². The molecule has 3 heteroatoms. The summed E-state index contributed by atoms with van der Waals surface area (Å²) in [4.78, 5) is 0. The average Bonchev–Trinajstić information content (AvgIpc) is 2.50. The highest BCUT2D eigenvalue weighted by molar-refractivity contribution is 6.42. The second-order valence-corrected chi connectivity index (χ2v) is 6.75. The first-order valence-corrected chi connectivity index (χ1v) is 8.40. The predicted octanol–water partition coefficient (Wildman–Crippen LogP) is 6.69. The molecule has 0 aliphatic heterocycles. The van der Waals surface area contributed by atoms with Gasteiger partial charge in [-0.1, -0.05) is 62.2 Å². The van der Waals surface area contributed by atoms with Gasteiger partial charge in [-0.05, 0) is 53.6 Å². The summed E-state index contributed by atoms with van der Waals surface area (Å²) in [5, 5.41) is 1.20. The van der Waals surface area contributed by atoms with E-state index in [1.807, 2.05) is 30.3 Å². The Labute approximate surface area is 143 Å². The summed E-state index contributed by atoms with van der Waals surface area (Å²) >= 11 is 12.0. The molecule has 0 aliphatic rings. The van der Waals surface area contributed by atoms with Crippen LogP contribution in [-0.4, -0.2) is 6.61 Å². The molecule has 0 N–H and O–H groups in total. The summed E-state index contributed by atoms with van der Waals surface area (Å²) < 4.78 is 5.88. The van der Waals surface area contributed by atoms with Gasteiger partial charge in [0.15, 0.2) is 0 Å². The first-order valence-electron chi connectivity index (χ1n) is 7.65. The molecule has 0 saturated carbocycles. The number of rotatable bonds is 6. The van der Waals surface area contributed by atoms with Crippen molar-refractivity contribution in [2.75, 3.05) is 6.61 Å². The van der Waals surface area contributed by atoms with Crippen molar-refractivity contribution >= 4 is 23.2 Å². The first kappa shape index (κ1) is 17.2. The van der Waals surface area contributed by atoms with Gasteiger partial charge in [-0.25, -0.2) is 0 Å². The lowest BCUT2D eigenvalue weighted by molar-refractivity contribution is 0.300. The van der Waals surface area contributed by atoms with Crippen LogP contribution in [0.2, 0.25) is 10.0 Å². The molecule has 1 atom stereocenters. The molecule has 118 valence electrons. The van der Waals surface area contributed by atoms with Crippen molar-refractivity contribution in [3.05, 3.63) is 63.6 Å². The highest BCUT2D eigenvalue weighted by Crippen LogP contribution is 2.28. The summed E-state index contributed by atoms with van der Waals surface area (Å²) in [6, 6.07) is 14.1. The van der Waals surface area contributed by atoms with Gasteiger partial charge in [0, 0.05) is 0 Å². The van der Waals surface area contributed by atoms with Crippen molar-refractivity contribution in [1.82, 2.24) is 0 Å². The van der Waals surface area contributed by atoms with E-state index in [9.17, 15) is 0 Å². The number of benzene rings is 2. The van der Waals surface area contributed by atoms with Gasteiger partial charge in [-0.15, -0.1) is 0 Å². The molecular formula is C19H22Cl2O. The molecule has 0 saturated heterocycles. The van der Waals surface area contributed by atoms with Crippen molar-refractivity contribution < 1.29 is 4.74 Å². The van der Waals surface area contributed by atoms with E-state index in [4.69, 9.17) is 27.9 Å². The molecule has 0 amide bonds. The van der Waals surface area contributed by atoms with Crippen molar-refractivity contribution in [1.29, 1.82) is 0 Å². The molecule has 2 rings (SSSR count). The fraction of sp³-hybridized carbons (Fsp3) is 0.368. The highest BCUT2D eigenvalue weighted by atomic mass is 35.5. The summed E-state index contributed by atoms with van der Waals surface area (Å²) in [6.07, 6.45) is 0.934. The molecule has 1 unspecified atom stereocenters. The standard InChI is InChI=1S/C19H22Cl2O/c1-13(2)15-5-4-6-17(11-15)22-10-9-14(3)16-7-8-18(20)19(21)12-16/h4-8,11-14H,9-10H2,1-3H3. The lowest BCUT2D eigenvalue weighted by Gasteiger charge is -2.14. The molecule has 0 aromatic heterocycles. The van der Waals surface area contributed by atoms with Crippen LogP contribution in [0.4, 0.5) is 0 Å². The summed E-state index contributed by atoms with van der Waals surface area (Å²) in [5.41, 5.74) is 2.49. The molecule has 0 radical (unpaired) electrons. The third-order valence-corrected chi connectivity index (χ3v) is 4.60. The second-order valence-electron chi connectivity index (χ2n) is 5.94. The number of hydrogen-bond acceptors (Lipinski definition) is 1. The van der Waals surface area contributed by atoms with E-state index in [0.29, 0.717) is 28.5 Å². The summed E-state index contributed by atoms with van der Waals surface area (Å²) in [6.45, 7) is 7.23. The molecule has 1 nitrogen and oxygen atoms in total. The van der Waals surface area contributed by atoms with Crippen LogP contribution in [0.3, 0.4) is 0 Å². The zero-order chi connectivity index (χ0) is 16.1. The Bertz CT molecular complexity index is 623. The van der Waals surface area contributed by atoms with E-state index in [1.165, 1.54) is 11.1 Å². The van der Waals surface area contributed by atoms with Gasteiger partial charge < -0.3 is 4.74 Å². The number of hydrogen-bond donors (Lipinski definition) is 0. The Kier molecular flexibility index (Phi) is 6.16. The lowest BCUT2D eigenvalue weighted by Crippen LogP contribution is -2.03. The number of halogens is 2. The third-order valence-electron chi connectivity index (χ3n) is 3.86. The molecule has 0 aliphatic carbocycles. The van der Waals surface area contributed by atoms with E-state index in [-0.39, 0.29) is 0 Å². The van der Waals surface area contributed by atoms with E-state index in [2.05, 4.69) is 32.9 Å². The summed E-state index contributed by atoms with van der Waals surface area (Å²) in [7, 11) is 0. The van der Waals surface area contributed by atoms with Crippen LogP contribution >= 0.6 is 23.2 Å². The normalized spacial score (nSPS) is 12.5. The van der Waals surface area contributed by atoms with E-state index >= 15 is 0 Å². The Balaban J connectivity index is 1.90. The van der Waals surface area contributed by atoms with Crippen LogP contribution in [-0.2, 0) is 0 Å². The molecule has 2 aromatic carbocycles.